The van der Waals surface area contributed by atoms with Crippen LogP contribution < -0.4 is 5.32 Å². The molecule has 1 fully saturated rings. The van der Waals surface area contributed by atoms with Crippen molar-refractivity contribution in [3.63, 3.8) is 0 Å². The Morgan fingerprint density at radius 1 is 1.18 bits per heavy atom. The summed E-state index contributed by atoms with van der Waals surface area (Å²) in [5.41, 5.74) is 0.187. The maximum Gasteiger partial charge on any atom is 0.147 e. The van der Waals surface area contributed by atoms with E-state index in [2.05, 4.69) is 26.1 Å². The van der Waals surface area contributed by atoms with Crippen LogP contribution in [0, 0.1) is 11.8 Å². The van der Waals surface area contributed by atoms with Crippen LogP contribution in [0.2, 0.25) is 0 Å². The van der Waals surface area contributed by atoms with Gasteiger partial charge in [-0.2, -0.15) is 0 Å². The standard InChI is InChI=1S/C13H27NO2S/c1-13(2,3)14-10-12-8-7-11(12)6-5-9-17(4,15)16/h11-12,14H,5-10H2,1-4H3. The molecule has 0 heterocycles. The second kappa shape index (κ2) is 5.70. The third-order valence-electron chi connectivity index (χ3n) is 3.56. The second-order valence-corrected chi connectivity index (χ2v) is 8.76. The SMILES string of the molecule is CC(C)(C)NCC1CCC1CCCS(C)(=O)=O. The highest BCUT2D eigenvalue weighted by atomic mass is 32.2. The molecule has 0 bridgehead atoms. The summed E-state index contributed by atoms with van der Waals surface area (Å²) in [6.07, 6.45) is 5.80. The number of sulfone groups is 1. The van der Waals surface area contributed by atoms with Crippen molar-refractivity contribution >= 4 is 9.84 Å². The monoisotopic (exact) mass is 261 g/mol. The van der Waals surface area contributed by atoms with Crippen molar-refractivity contribution in [1.29, 1.82) is 0 Å². The molecule has 0 radical (unpaired) electrons. The molecule has 1 rings (SSSR count). The third-order valence-corrected chi connectivity index (χ3v) is 4.59. The van der Waals surface area contributed by atoms with E-state index < -0.39 is 9.84 Å². The van der Waals surface area contributed by atoms with Crippen LogP contribution in [0.4, 0.5) is 0 Å². The van der Waals surface area contributed by atoms with E-state index in [4.69, 9.17) is 0 Å². The van der Waals surface area contributed by atoms with Crippen molar-refractivity contribution in [3.05, 3.63) is 0 Å². The average molecular weight is 261 g/mol. The molecule has 0 spiro atoms. The summed E-state index contributed by atoms with van der Waals surface area (Å²) >= 11 is 0. The Morgan fingerprint density at radius 3 is 2.18 bits per heavy atom. The summed E-state index contributed by atoms with van der Waals surface area (Å²) in [6.45, 7) is 7.63. The van der Waals surface area contributed by atoms with Crippen LogP contribution in [0.1, 0.15) is 46.5 Å². The Labute approximate surface area is 106 Å². The van der Waals surface area contributed by atoms with E-state index in [0.29, 0.717) is 5.75 Å². The van der Waals surface area contributed by atoms with Gasteiger partial charge in [0.05, 0.1) is 0 Å². The van der Waals surface area contributed by atoms with Crippen LogP contribution in [0.3, 0.4) is 0 Å². The van der Waals surface area contributed by atoms with Gasteiger partial charge in [0.1, 0.15) is 9.84 Å². The largest absolute Gasteiger partial charge is 0.312 e. The molecule has 4 heteroatoms. The lowest BCUT2D eigenvalue weighted by atomic mass is 9.71. The van der Waals surface area contributed by atoms with E-state index >= 15 is 0 Å². The Balaban J connectivity index is 2.19. The van der Waals surface area contributed by atoms with Crippen molar-refractivity contribution in [2.45, 2.75) is 52.0 Å². The molecule has 0 amide bonds. The highest BCUT2D eigenvalue weighted by molar-refractivity contribution is 7.90. The summed E-state index contributed by atoms with van der Waals surface area (Å²) in [7, 11) is -2.77. The van der Waals surface area contributed by atoms with Crippen molar-refractivity contribution in [2.24, 2.45) is 11.8 Å². The Kier molecular flexibility index (Phi) is 5.02. The predicted octanol–water partition coefficient (Wildman–Crippen LogP) is 2.23. The normalized spacial score (nSPS) is 25.6. The number of hydrogen-bond acceptors (Lipinski definition) is 3. The minimum absolute atomic E-state index is 0.187. The van der Waals surface area contributed by atoms with Gasteiger partial charge in [-0.3, -0.25) is 0 Å². The lowest BCUT2D eigenvalue weighted by Gasteiger charge is -2.39. The Bertz CT molecular complexity index is 330. The van der Waals surface area contributed by atoms with Gasteiger partial charge in [0, 0.05) is 17.5 Å². The fourth-order valence-electron chi connectivity index (χ4n) is 2.33. The van der Waals surface area contributed by atoms with Gasteiger partial charge in [-0.25, -0.2) is 8.42 Å². The van der Waals surface area contributed by atoms with E-state index in [-0.39, 0.29) is 5.54 Å². The zero-order valence-electron chi connectivity index (χ0n) is 11.6. The highest BCUT2D eigenvalue weighted by Gasteiger charge is 2.30. The second-order valence-electron chi connectivity index (χ2n) is 6.50. The third kappa shape index (κ3) is 6.41. The van der Waals surface area contributed by atoms with Crippen LogP contribution in [0.25, 0.3) is 0 Å². The van der Waals surface area contributed by atoms with Gasteiger partial charge in [-0.1, -0.05) is 0 Å². The average Bonchev–Trinajstić information content (AvgIpc) is 2.07. The number of nitrogens with one attached hydrogen (secondary N) is 1. The van der Waals surface area contributed by atoms with Crippen LogP contribution in [0.15, 0.2) is 0 Å². The first-order chi connectivity index (χ1) is 7.67. The molecule has 1 aliphatic rings. The van der Waals surface area contributed by atoms with Gasteiger partial charge in [0.25, 0.3) is 0 Å². The lowest BCUT2D eigenvalue weighted by Crippen LogP contribution is -2.43. The van der Waals surface area contributed by atoms with Crippen molar-refractivity contribution in [3.8, 4) is 0 Å². The Hall–Kier alpha value is -0.0900. The first-order valence-electron chi connectivity index (χ1n) is 6.60. The molecular formula is C13H27NO2S. The van der Waals surface area contributed by atoms with Crippen LogP contribution >= 0.6 is 0 Å². The smallest absolute Gasteiger partial charge is 0.147 e. The van der Waals surface area contributed by atoms with E-state index in [0.717, 1.165) is 31.2 Å². The fraction of sp³-hybridized carbons (Fsp3) is 1.00. The number of rotatable bonds is 6. The van der Waals surface area contributed by atoms with Gasteiger partial charge >= 0.3 is 0 Å². The minimum Gasteiger partial charge on any atom is -0.312 e. The zero-order valence-corrected chi connectivity index (χ0v) is 12.4. The molecule has 1 saturated carbocycles. The molecular weight excluding hydrogens is 234 g/mol. The van der Waals surface area contributed by atoms with Crippen LogP contribution in [-0.2, 0) is 9.84 Å². The van der Waals surface area contributed by atoms with E-state index in [1.807, 2.05) is 0 Å². The van der Waals surface area contributed by atoms with Crippen molar-refractivity contribution in [1.82, 2.24) is 5.32 Å². The molecule has 0 aromatic rings. The molecule has 102 valence electrons. The lowest BCUT2D eigenvalue weighted by molar-refractivity contribution is 0.149. The van der Waals surface area contributed by atoms with Gasteiger partial charge in [0.2, 0.25) is 0 Å². The first kappa shape index (κ1) is 15.0. The van der Waals surface area contributed by atoms with Crippen LogP contribution in [0.5, 0.6) is 0 Å². The molecule has 17 heavy (non-hydrogen) atoms. The van der Waals surface area contributed by atoms with Crippen molar-refractivity contribution < 1.29 is 8.42 Å². The first-order valence-corrected chi connectivity index (χ1v) is 8.66. The predicted molar refractivity (Wildman–Crippen MR) is 72.9 cm³/mol. The maximum absolute atomic E-state index is 11.0. The van der Waals surface area contributed by atoms with Gasteiger partial charge in [0.15, 0.2) is 0 Å². The highest BCUT2D eigenvalue weighted by Crippen LogP contribution is 2.37. The van der Waals surface area contributed by atoms with E-state index in [9.17, 15) is 8.42 Å². The topological polar surface area (TPSA) is 46.2 Å². The summed E-state index contributed by atoms with van der Waals surface area (Å²) < 4.78 is 22.1. The number of hydrogen-bond donors (Lipinski definition) is 1. The summed E-state index contributed by atoms with van der Waals surface area (Å²) in [4.78, 5) is 0. The Morgan fingerprint density at radius 2 is 1.76 bits per heavy atom. The van der Waals surface area contributed by atoms with Crippen molar-refractivity contribution in [2.75, 3.05) is 18.6 Å². The maximum atomic E-state index is 11.0. The molecule has 2 atom stereocenters. The molecule has 1 N–H and O–H groups in total. The molecule has 0 saturated heterocycles. The minimum atomic E-state index is -2.77. The van der Waals surface area contributed by atoms with Crippen LogP contribution in [-0.4, -0.2) is 32.5 Å². The molecule has 1 aliphatic carbocycles. The van der Waals surface area contributed by atoms with E-state index in [1.165, 1.54) is 19.1 Å². The molecule has 0 aromatic heterocycles. The molecule has 3 nitrogen and oxygen atoms in total. The van der Waals surface area contributed by atoms with Gasteiger partial charge in [-0.05, 0) is 64.8 Å². The summed E-state index contributed by atoms with van der Waals surface area (Å²) in [5.74, 6) is 1.85. The quantitative estimate of drug-likeness (QED) is 0.797. The summed E-state index contributed by atoms with van der Waals surface area (Å²) in [5, 5.41) is 3.54. The van der Waals surface area contributed by atoms with Gasteiger partial charge < -0.3 is 5.32 Å². The zero-order chi connectivity index (χ0) is 13.1. The fourth-order valence-corrected chi connectivity index (χ4v) is 3.02. The molecule has 2 unspecified atom stereocenters. The molecule has 0 aromatic carbocycles. The van der Waals surface area contributed by atoms with E-state index in [1.54, 1.807) is 0 Å². The summed E-state index contributed by atoms with van der Waals surface area (Å²) in [6, 6.07) is 0. The molecule has 0 aliphatic heterocycles. The van der Waals surface area contributed by atoms with Gasteiger partial charge in [-0.15, -0.1) is 0 Å².